The van der Waals surface area contributed by atoms with E-state index in [2.05, 4.69) is 4.72 Å². The second kappa shape index (κ2) is 7.48. The van der Waals surface area contributed by atoms with E-state index < -0.39 is 10.0 Å². The molecular formula is C17H21NO4S. The van der Waals surface area contributed by atoms with Crippen molar-refractivity contribution in [3.63, 3.8) is 0 Å². The van der Waals surface area contributed by atoms with Gasteiger partial charge in [0.2, 0.25) is 10.0 Å². The second-order valence-corrected chi connectivity index (χ2v) is 6.89. The van der Waals surface area contributed by atoms with Crippen molar-refractivity contribution in [1.29, 1.82) is 0 Å². The molecule has 1 N–H and O–H groups in total. The molecule has 0 saturated heterocycles. The van der Waals surface area contributed by atoms with Crippen LogP contribution in [0.3, 0.4) is 0 Å². The lowest BCUT2D eigenvalue weighted by molar-refractivity contribution is 0.411. The third kappa shape index (κ3) is 4.46. The maximum absolute atomic E-state index is 12.3. The molecule has 2 rings (SSSR count). The largest absolute Gasteiger partial charge is 0.497 e. The molecule has 2 aromatic carbocycles. The van der Waals surface area contributed by atoms with Gasteiger partial charge in [-0.05, 0) is 54.8 Å². The summed E-state index contributed by atoms with van der Waals surface area (Å²) in [5.41, 5.74) is 1.82. The maximum Gasteiger partial charge on any atom is 0.240 e. The Morgan fingerprint density at radius 1 is 1.00 bits per heavy atom. The van der Waals surface area contributed by atoms with E-state index in [1.165, 1.54) is 0 Å². The maximum atomic E-state index is 12.3. The number of ether oxygens (including phenoxy) is 2. The summed E-state index contributed by atoms with van der Waals surface area (Å²) in [7, 11) is -0.351. The van der Waals surface area contributed by atoms with E-state index in [1.807, 2.05) is 31.2 Å². The average Bonchev–Trinajstić information content (AvgIpc) is 2.55. The summed E-state index contributed by atoms with van der Waals surface area (Å²) in [6.45, 7) is 2.15. The number of hydrogen-bond acceptors (Lipinski definition) is 4. The van der Waals surface area contributed by atoms with Gasteiger partial charge in [0.05, 0.1) is 19.1 Å². The molecule has 0 spiro atoms. The Kier molecular flexibility index (Phi) is 5.63. The normalized spacial score (nSPS) is 11.3. The quantitative estimate of drug-likeness (QED) is 0.844. The molecule has 0 aliphatic carbocycles. The van der Waals surface area contributed by atoms with Crippen LogP contribution in [0.2, 0.25) is 0 Å². The van der Waals surface area contributed by atoms with E-state index in [-0.39, 0.29) is 4.90 Å². The SMILES string of the molecule is COc1ccc(CCNS(=O)(=O)c2ccc(OC)c(C)c2)cc1. The van der Waals surface area contributed by atoms with Crippen LogP contribution in [-0.2, 0) is 16.4 Å². The third-order valence-corrected chi connectivity index (χ3v) is 5.00. The highest BCUT2D eigenvalue weighted by Crippen LogP contribution is 2.21. The highest BCUT2D eigenvalue weighted by molar-refractivity contribution is 7.89. The molecule has 0 aliphatic rings. The van der Waals surface area contributed by atoms with Gasteiger partial charge in [0.15, 0.2) is 0 Å². The Morgan fingerprint density at radius 3 is 2.26 bits per heavy atom. The smallest absolute Gasteiger partial charge is 0.240 e. The number of methoxy groups -OCH3 is 2. The molecule has 0 saturated carbocycles. The Morgan fingerprint density at radius 2 is 1.70 bits per heavy atom. The van der Waals surface area contributed by atoms with Crippen LogP contribution >= 0.6 is 0 Å². The second-order valence-electron chi connectivity index (χ2n) is 5.13. The van der Waals surface area contributed by atoms with Gasteiger partial charge in [-0.2, -0.15) is 0 Å². The predicted molar refractivity (Wildman–Crippen MR) is 89.6 cm³/mol. The lowest BCUT2D eigenvalue weighted by Crippen LogP contribution is -2.26. The van der Waals surface area contributed by atoms with Crippen LogP contribution in [0, 0.1) is 6.92 Å². The van der Waals surface area contributed by atoms with Crippen LogP contribution in [0.5, 0.6) is 11.5 Å². The first-order chi connectivity index (χ1) is 11.0. The van der Waals surface area contributed by atoms with Gasteiger partial charge in [-0.15, -0.1) is 0 Å². The van der Waals surface area contributed by atoms with Crippen LogP contribution in [0.4, 0.5) is 0 Å². The first-order valence-corrected chi connectivity index (χ1v) is 8.72. The summed E-state index contributed by atoms with van der Waals surface area (Å²) in [6.07, 6.45) is 0.609. The van der Waals surface area contributed by atoms with Crippen LogP contribution in [0.25, 0.3) is 0 Å². The summed E-state index contributed by atoms with van der Waals surface area (Å²) in [5.74, 6) is 1.45. The zero-order valence-electron chi connectivity index (χ0n) is 13.5. The van der Waals surface area contributed by atoms with Crippen molar-refractivity contribution in [2.45, 2.75) is 18.2 Å². The molecule has 6 heteroatoms. The minimum Gasteiger partial charge on any atom is -0.497 e. The third-order valence-electron chi connectivity index (χ3n) is 3.54. The van der Waals surface area contributed by atoms with E-state index in [4.69, 9.17) is 9.47 Å². The van der Waals surface area contributed by atoms with E-state index in [0.717, 1.165) is 16.9 Å². The average molecular weight is 335 g/mol. The van der Waals surface area contributed by atoms with Gasteiger partial charge in [0.25, 0.3) is 0 Å². The van der Waals surface area contributed by atoms with Gasteiger partial charge in [-0.1, -0.05) is 12.1 Å². The summed E-state index contributed by atoms with van der Waals surface area (Å²) >= 11 is 0. The van der Waals surface area contributed by atoms with E-state index in [9.17, 15) is 8.42 Å². The van der Waals surface area contributed by atoms with Crippen molar-refractivity contribution in [2.75, 3.05) is 20.8 Å². The van der Waals surface area contributed by atoms with Crippen molar-refractivity contribution in [3.05, 3.63) is 53.6 Å². The zero-order valence-corrected chi connectivity index (χ0v) is 14.3. The number of benzene rings is 2. The monoisotopic (exact) mass is 335 g/mol. The minimum atomic E-state index is -3.52. The fourth-order valence-electron chi connectivity index (χ4n) is 2.22. The molecule has 0 amide bonds. The van der Waals surface area contributed by atoms with Crippen LogP contribution in [0.15, 0.2) is 47.4 Å². The predicted octanol–water partition coefficient (Wildman–Crippen LogP) is 2.53. The Hall–Kier alpha value is -2.05. The molecule has 0 radical (unpaired) electrons. The lowest BCUT2D eigenvalue weighted by atomic mass is 10.1. The number of nitrogens with one attached hydrogen (secondary N) is 1. The molecule has 0 aromatic heterocycles. The van der Waals surface area contributed by atoms with Crippen molar-refractivity contribution in [1.82, 2.24) is 4.72 Å². The molecule has 124 valence electrons. The lowest BCUT2D eigenvalue weighted by Gasteiger charge is -2.10. The molecule has 0 bridgehead atoms. The molecule has 2 aromatic rings. The summed E-state index contributed by atoms with van der Waals surface area (Å²) < 4.78 is 37.5. The fraction of sp³-hybridized carbons (Fsp3) is 0.294. The van der Waals surface area contributed by atoms with E-state index in [1.54, 1.807) is 32.4 Å². The van der Waals surface area contributed by atoms with Gasteiger partial charge in [0, 0.05) is 6.54 Å². The molecule has 0 aliphatic heterocycles. The van der Waals surface area contributed by atoms with Crippen LogP contribution in [0.1, 0.15) is 11.1 Å². The van der Waals surface area contributed by atoms with Crippen molar-refractivity contribution in [3.8, 4) is 11.5 Å². The van der Waals surface area contributed by atoms with Crippen LogP contribution < -0.4 is 14.2 Å². The summed E-state index contributed by atoms with van der Waals surface area (Å²) in [5, 5.41) is 0. The van der Waals surface area contributed by atoms with Crippen LogP contribution in [-0.4, -0.2) is 29.2 Å². The topological polar surface area (TPSA) is 64.6 Å². The first-order valence-electron chi connectivity index (χ1n) is 7.23. The molecule has 23 heavy (non-hydrogen) atoms. The number of aryl methyl sites for hydroxylation is 1. The first kappa shape index (κ1) is 17.3. The minimum absolute atomic E-state index is 0.241. The molecular weight excluding hydrogens is 314 g/mol. The van der Waals surface area contributed by atoms with Crippen molar-refractivity contribution < 1.29 is 17.9 Å². The number of sulfonamides is 1. The number of hydrogen-bond donors (Lipinski definition) is 1. The molecule has 0 atom stereocenters. The van der Waals surface area contributed by atoms with E-state index in [0.29, 0.717) is 18.7 Å². The van der Waals surface area contributed by atoms with Gasteiger partial charge in [0.1, 0.15) is 11.5 Å². The molecule has 0 unspecified atom stereocenters. The summed E-state index contributed by atoms with van der Waals surface area (Å²) in [6, 6.07) is 12.4. The Bertz CT molecular complexity index is 755. The van der Waals surface area contributed by atoms with Gasteiger partial charge >= 0.3 is 0 Å². The molecule has 5 nitrogen and oxygen atoms in total. The number of rotatable bonds is 7. The van der Waals surface area contributed by atoms with Crippen molar-refractivity contribution in [2.24, 2.45) is 0 Å². The van der Waals surface area contributed by atoms with Gasteiger partial charge < -0.3 is 9.47 Å². The zero-order chi connectivity index (χ0) is 16.9. The molecule has 0 heterocycles. The molecule has 0 fully saturated rings. The standard InChI is InChI=1S/C17H21NO4S/c1-13-12-16(8-9-17(13)22-3)23(19,20)18-11-10-14-4-6-15(21-2)7-5-14/h4-9,12,18H,10-11H2,1-3H3. The Labute approximate surface area is 137 Å². The highest BCUT2D eigenvalue weighted by Gasteiger charge is 2.14. The Balaban J connectivity index is 1.99. The van der Waals surface area contributed by atoms with Gasteiger partial charge in [-0.25, -0.2) is 13.1 Å². The summed E-state index contributed by atoms with van der Waals surface area (Å²) in [4.78, 5) is 0.241. The van der Waals surface area contributed by atoms with E-state index >= 15 is 0 Å². The fourth-order valence-corrected chi connectivity index (χ4v) is 3.34. The highest BCUT2D eigenvalue weighted by atomic mass is 32.2. The van der Waals surface area contributed by atoms with Gasteiger partial charge in [-0.3, -0.25) is 0 Å². The van der Waals surface area contributed by atoms with Crippen molar-refractivity contribution >= 4 is 10.0 Å².